The van der Waals surface area contributed by atoms with Crippen LogP contribution in [0.3, 0.4) is 0 Å². The molecule has 1 aromatic heterocycles. The van der Waals surface area contributed by atoms with Crippen LogP contribution in [0.1, 0.15) is 0 Å². The second kappa shape index (κ2) is 4.61. The Hall–Kier alpha value is -2.55. The van der Waals surface area contributed by atoms with E-state index in [0.717, 1.165) is 22.3 Å². The summed E-state index contributed by atoms with van der Waals surface area (Å²) in [6.45, 7) is 0. The molecule has 0 saturated heterocycles. The summed E-state index contributed by atoms with van der Waals surface area (Å²) in [5.41, 5.74) is 1.94. The van der Waals surface area contributed by atoms with Crippen LogP contribution in [0.5, 0.6) is 5.75 Å². The van der Waals surface area contributed by atoms with Crippen molar-refractivity contribution >= 4 is 10.9 Å². The van der Waals surface area contributed by atoms with Crippen molar-refractivity contribution < 1.29 is 4.74 Å². The Balaban J connectivity index is 2.24. The molecule has 3 aromatic rings. The van der Waals surface area contributed by atoms with Gasteiger partial charge in [0.25, 0.3) is 0 Å². The standard InChI is InChI=1S/C16H13NO2/c1-19-13-8-6-12(7-9-13)17-11-10-16(18)14-4-2-3-5-15(14)17/h2-11H,1H3. The largest absolute Gasteiger partial charge is 0.497 e. The van der Waals surface area contributed by atoms with E-state index in [1.54, 1.807) is 19.4 Å². The fraction of sp³-hybridized carbons (Fsp3) is 0.0625. The maximum Gasteiger partial charge on any atom is 0.189 e. The van der Waals surface area contributed by atoms with Gasteiger partial charge in [-0.2, -0.15) is 0 Å². The van der Waals surface area contributed by atoms with E-state index in [1.807, 2.05) is 53.1 Å². The minimum atomic E-state index is 0.0420. The zero-order valence-electron chi connectivity index (χ0n) is 10.5. The number of para-hydroxylation sites is 1. The molecule has 3 rings (SSSR count). The lowest BCUT2D eigenvalue weighted by atomic mass is 10.2. The molecule has 3 nitrogen and oxygen atoms in total. The van der Waals surface area contributed by atoms with Crippen LogP contribution in [-0.2, 0) is 0 Å². The fourth-order valence-corrected chi connectivity index (χ4v) is 2.17. The van der Waals surface area contributed by atoms with Gasteiger partial charge in [0.05, 0.1) is 12.6 Å². The van der Waals surface area contributed by atoms with Crippen LogP contribution in [0.4, 0.5) is 0 Å². The molecule has 0 saturated carbocycles. The molecule has 0 radical (unpaired) electrons. The van der Waals surface area contributed by atoms with E-state index in [4.69, 9.17) is 4.74 Å². The smallest absolute Gasteiger partial charge is 0.189 e. The van der Waals surface area contributed by atoms with Crippen molar-refractivity contribution in [1.82, 2.24) is 4.57 Å². The predicted octanol–water partition coefficient (Wildman–Crippen LogP) is 3.00. The molecule has 0 unspecified atom stereocenters. The Morgan fingerprint density at radius 3 is 2.42 bits per heavy atom. The molecule has 0 N–H and O–H groups in total. The minimum Gasteiger partial charge on any atom is -0.497 e. The van der Waals surface area contributed by atoms with E-state index in [0.29, 0.717) is 0 Å². The molecular formula is C16H13NO2. The molecule has 0 amide bonds. The van der Waals surface area contributed by atoms with Crippen molar-refractivity contribution in [3.8, 4) is 11.4 Å². The molecule has 0 aliphatic carbocycles. The fourth-order valence-electron chi connectivity index (χ4n) is 2.17. The van der Waals surface area contributed by atoms with Crippen molar-refractivity contribution in [1.29, 1.82) is 0 Å². The third-order valence-electron chi connectivity index (χ3n) is 3.15. The van der Waals surface area contributed by atoms with Crippen molar-refractivity contribution in [2.75, 3.05) is 7.11 Å². The van der Waals surface area contributed by atoms with Gasteiger partial charge in [0.2, 0.25) is 0 Å². The summed E-state index contributed by atoms with van der Waals surface area (Å²) in [5.74, 6) is 0.814. The van der Waals surface area contributed by atoms with Crippen LogP contribution >= 0.6 is 0 Å². The molecule has 3 heteroatoms. The zero-order chi connectivity index (χ0) is 13.2. The number of pyridine rings is 1. The number of benzene rings is 2. The van der Waals surface area contributed by atoms with Gasteiger partial charge in [0.1, 0.15) is 5.75 Å². The van der Waals surface area contributed by atoms with Crippen LogP contribution in [0.2, 0.25) is 0 Å². The SMILES string of the molecule is COc1ccc(-n2ccc(=O)c3ccccc32)cc1. The summed E-state index contributed by atoms with van der Waals surface area (Å²) in [5, 5.41) is 0.723. The summed E-state index contributed by atoms with van der Waals surface area (Å²) in [6.07, 6.45) is 1.80. The van der Waals surface area contributed by atoms with Gasteiger partial charge >= 0.3 is 0 Å². The number of hydrogen-bond donors (Lipinski definition) is 0. The van der Waals surface area contributed by atoms with Gasteiger partial charge in [0.15, 0.2) is 5.43 Å². The first kappa shape index (κ1) is 11.5. The third kappa shape index (κ3) is 1.99. The van der Waals surface area contributed by atoms with Gasteiger partial charge in [-0.05, 0) is 36.4 Å². The Kier molecular flexibility index (Phi) is 2.80. The Morgan fingerprint density at radius 2 is 1.68 bits per heavy atom. The molecule has 0 atom stereocenters. The highest BCUT2D eigenvalue weighted by molar-refractivity contribution is 5.80. The average molecular weight is 251 g/mol. The van der Waals surface area contributed by atoms with E-state index in [2.05, 4.69) is 0 Å². The van der Waals surface area contributed by atoms with Crippen LogP contribution in [0, 0.1) is 0 Å². The molecule has 0 fully saturated rings. The topological polar surface area (TPSA) is 31.2 Å². The van der Waals surface area contributed by atoms with Gasteiger partial charge in [0, 0.05) is 23.3 Å². The first-order valence-corrected chi connectivity index (χ1v) is 6.04. The molecule has 19 heavy (non-hydrogen) atoms. The zero-order valence-corrected chi connectivity index (χ0v) is 10.5. The Morgan fingerprint density at radius 1 is 0.947 bits per heavy atom. The lowest BCUT2D eigenvalue weighted by Crippen LogP contribution is -2.06. The molecular weight excluding hydrogens is 238 g/mol. The minimum absolute atomic E-state index is 0.0420. The summed E-state index contributed by atoms with van der Waals surface area (Å²) in [7, 11) is 1.64. The quantitative estimate of drug-likeness (QED) is 0.701. The number of methoxy groups -OCH3 is 1. The summed E-state index contributed by atoms with van der Waals surface area (Å²) < 4.78 is 7.15. The number of aromatic nitrogens is 1. The summed E-state index contributed by atoms with van der Waals surface area (Å²) >= 11 is 0. The highest BCUT2D eigenvalue weighted by Gasteiger charge is 2.03. The number of ether oxygens (including phenoxy) is 1. The predicted molar refractivity (Wildman–Crippen MR) is 76.1 cm³/mol. The van der Waals surface area contributed by atoms with Gasteiger partial charge < -0.3 is 9.30 Å². The molecule has 0 bridgehead atoms. The van der Waals surface area contributed by atoms with Crippen LogP contribution < -0.4 is 10.2 Å². The van der Waals surface area contributed by atoms with Gasteiger partial charge in [-0.25, -0.2) is 0 Å². The monoisotopic (exact) mass is 251 g/mol. The number of fused-ring (bicyclic) bond motifs is 1. The maximum atomic E-state index is 11.8. The summed E-state index contributed by atoms with van der Waals surface area (Å²) in [6, 6.07) is 16.9. The van der Waals surface area contributed by atoms with E-state index >= 15 is 0 Å². The second-order valence-electron chi connectivity index (χ2n) is 4.27. The van der Waals surface area contributed by atoms with Crippen LogP contribution in [-0.4, -0.2) is 11.7 Å². The van der Waals surface area contributed by atoms with E-state index < -0.39 is 0 Å². The van der Waals surface area contributed by atoms with Gasteiger partial charge in [-0.15, -0.1) is 0 Å². The molecule has 1 heterocycles. The van der Waals surface area contributed by atoms with Crippen molar-refractivity contribution in [2.45, 2.75) is 0 Å². The third-order valence-corrected chi connectivity index (χ3v) is 3.15. The average Bonchev–Trinajstić information content (AvgIpc) is 2.48. The molecule has 2 aromatic carbocycles. The number of hydrogen-bond acceptors (Lipinski definition) is 2. The molecule has 94 valence electrons. The van der Waals surface area contributed by atoms with E-state index in [1.165, 1.54) is 0 Å². The maximum absolute atomic E-state index is 11.8. The first-order valence-electron chi connectivity index (χ1n) is 6.04. The molecule has 0 aliphatic rings. The van der Waals surface area contributed by atoms with Crippen molar-refractivity contribution in [3.63, 3.8) is 0 Å². The highest BCUT2D eigenvalue weighted by atomic mass is 16.5. The second-order valence-corrected chi connectivity index (χ2v) is 4.27. The lowest BCUT2D eigenvalue weighted by molar-refractivity contribution is 0.415. The molecule has 0 aliphatic heterocycles. The normalized spacial score (nSPS) is 10.6. The lowest BCUT2D eigenvalue weighted by Gasteiger charge is -2.11. The first-order chi connectivity index (χ1) is 9.29. The van der Waals surface area contributed by atoms with E-state index in [9.17, 15) is 4.79 Å². The Bertz CT molecular complexity index is 773. The van der Waals surface area contributed by atoms with Crippen LogP contribution in [0.25, 0.3) is 16.6 Å². The number of rotatable bonds is 2. The van der Waals surface area contributed by atoms with Crippen molar-refractivity contribution in [3.05, 3.63) is 71.0 Å². The Labute approximate surface area is 110 Å². The summed E-state index contributed by atoms with van der Waals surface area (Å²) in [4.78, 5) is 11.8. The highest BCUT2D eigenvalue weighted by Crippen LogP contribution is 2.18. The molecule has 0 spiro atoms. The van der Waals surface area contributed by atoms with Gasteiger partial charge in [-0.3, -0.25) is 4.79 Å². The van der Waals surface area contributed by atoms with E-state index in [-0.39, 0.29) is 5.43 Å². The number of nitrogens with zero attached hydrogens (tertiary/aromatic N) is 1. The van der Waals surface area contributed by atoms with Gasteiger partial charge in [-0.1, -0.05) is 12.1 Å². The van der Waals surface area contributed by atoms with Crippen LogP contribution in [0.15, 0.2) is 65.6 Å². The van der Waals surface area contributed by atoms with Crippen molar-refractivity contribution in [2.24, 2.45) is 0 Å².